The number of hydrogen-bond donors (Lipinski definition) is 0. The van der Waals surface area contributed by atoms with Gasteiger partial charge in [0.25, 0.3) is 0 Å². The molecule has 1 aliphatic heterocycles. The van der Waals surface area contributed by atoms with E-state index in [-0.39, 0.29) is 0 Å². The van der Waals surface area contributed by atoms with Gasteiger partial charge in [0.1, 0.15) is 6.54 Å². The lowest BCUT2D eigenvalue weighted by molar-refractivity contribution is -0.437. The predicted molar refractivity (Wildman–Crippen MR) is 83.6 cm³/mol. The Kier molecular flexibility index (Phi) is 4.89. The second kappa shape index (κ2) is 6.50. The van der Waals surface area contributed by atoms with Crippen molar-refractivity contribution in [3.8, 4) is 0 Å². The van der Waals surface area contributed by atoms with Gasteiger partial charge in [-0.1, -0.05) is 37.6 Å². The Bertz CT molecular complexity index is 696. The summed E-state index contributed by atoms with van der Waals surface area (Å²) in [7, 11) is -6.00. The Morgan fingerprint density at radius 2 is 1.59 bits per heavy atom. The highest BCUT2D eigenvalue weighted by Gasteiger charge is 2.27. The van der Waals surface area contributed by atoms with Crippen molar-refractivity contribution < 1.29 is 21.8 Å². The summed E-state index contributed by atoms with van der Waals surface area (Å²) in [6.45, 7) is 5.62. The molecule has 0 aromatic heterocycles. The molecule has 6 heteroatoms. The third-order valence-corrected chi connectivity index (χ3v) is 3.70. The lowest BCUT2D eigenvalue weighted by atomic mass is 10.0. The second-order valence-electron chi connectivity index (χ2n) is 5.27. The normalized spacial score (nSPS) is 13.4. The molecule has 22 heavy (non-hydrogen) atoms. The molecule has 0 spiro atoms. The predicted octanol–water partition coefficient (Wildman–Crippen LogP) is 5.41. The Morgan fingerprint density at radius 3 is 2.18 bits per heavy atom. The molecule has 0 bridgehead atoms. The van der Waals surface area contributed by atoms with Crippen LogP contribution in [0, 0.1) is 0 Å². The van der Waals surface area contributed by atoms with Crippen LogP contribution in [0.5, 0.6) is 0 Å². The number of benzene rings is 2. The van der Waals surface area contributed by atoms with Crippen molar-refractivity contribution in [3.63, 3.8) is 0 Å². The van der Waals surface area contributed by atoms with Crippen LogP contribution in [0.4, 0.5) is 23.0 Å². The number of unbranched alkanes of at least 4 members (excludes halogenated alkanes) is 1. The first-order valence-corrected chi connectivity index (χ1v) is 7.33. The first kappa shape index (κ1) is 16.5. The Morgan fingerprint density at radius 1 is 1.00 bits per heavy atom. The second-order valence-corrected chi connectivity index (χ2v) is 5.27. The van der Waals surface area contributed by atoms with Crippen molar-refractivity contribution in [1.29, 1.82) is 0 Å². The number of hydrogen-bond acceptors (Lipinski definition) is 0. The Balaban J connectivity index is 0.000000309. The van der Waals surface area contributed by atoms with Crippen molar-refractivity contribution in [1.82, 2.24) is 0 Å². The minimum absolute atomic E-state index is 1.14. The maximum Gasteiger partial charge on any atom is 0.673 e. The van der Waals surface area contributed by atoms with Gasteiger partial charge < -0.3 is 17.3 Å². The van der Waals surface area contributed by atoms with Crippen molar-refractivity contribution in [3.05, 3.63) is 42.0 Å². The van der Waals surface area contributed by atoms with Gasteiger partial charge in [0.15, 0.2) is 5.71 Å². The number of nitrogens with zero attached hydrogens (tertiary/aromatic N) is 1. The molecular formula is C16H18BF4N. The van der Waals surface area contributed by atoms with Crippen LogP contribution in [-0.4, -0.2) is 24.1 Å². The van der Waals surface area contributed by atoms with Crippen LogP contribution in [0.2, 0.25) is 0 Å². The van der Waals surface area contributed by atoms with E-state index in [2.05, 4.69) is 54.8 Å². The molecule has 0 atom stereocenters. The average molecular weight is 311 g/mol. The quantitative estimate of drug-likeness (QED) is 0.405. The zero-order valence-corrected chi connectivity index (χ0v) is 12.6. The lowest BCUT2D eigenvalue weighted by Crippen LogP contribution is -2.11. The van der Waals surface area contributed by atoms with E-state index in [1.54, 1.807) is 0 Å². The molecule has 1 nitrogen and oxygen atoms in total. The summed E-state index contributed by atoms with van der Waals surface area (Å²) >= 11 is 0. The van der Waals surface area contributed by atoms with Gasteiger partial charge in [0.2, 0.25) is 5.69 Å². The summed E-state index contributed by atoms with van der Waals surface area (Å²) in [5, 5.41) is 2.79. The van der Waals surface area contributed by atoms with Crippen LogP contribution in [-0.2, 0) is 0 Å². The standard InChI is InChI=1S/C16H18N.BF4/c1-3-4-11-17-12(2)14-9-5-7-13-8-6-10-15(17)16(13)14;2-1(3,4)5/h5-10H,3-4,11H2,1-2H3;/q+1;-1. The fraction of sp³-hybridized carbons (Fsp3) is 0.312. The summed E-state index contributed by atoms with van der Waals surface area (Å²) in [4.78, 5) is 0. The first-order valence-electron chi connectivity index (χ1n) is 7.33. The molecule has 0 radical (unpaired) electrons. The maximum absolute atomic E-state index is 9.75. The van der Waals surface area contributed by atoms with E-state index in [0.717, 1.165) is 6.54 Å². The van der Waals surface area contributed by atoms with E-state index in [1.165, 1.54) is 40.6 Å². The summed E-state index contributed by atoms with van der Waals surface area (Å²) in [5.74, 6) is 0. The van der Waals surface area contributed by atoms with E-state index in [4.69, 9.17) is 0 Å². The Labute approximate surface area is 127 Å². The van der Waals surface area contributed by atoms with Crippen LogP contribution in [0.3, 0.4) is 0 Å². The van der Waals surface area contributed by atoms with E-state index < -0.39 is 7.25 Å². The van der Waals surface area contributed by atoms with Crippen molar-refractivity contribution in [2.45, 2.75) is 26.7 Å². The molecule has 0 unspecified atom stereocenters. The number of rotatable bonds is 3. The molecule has 0 amide bonds. The molecule has 0 N–H and O–H groups in total. The molecule has 2 aromatic carbocycles. The van der Waals surface area contributed by atoms with Crippen molar-refractivity contribution >= 4 is 29.4 Å². The molecule has 0 saturated heterocycles. The fourth-order valence-electron chi connectivity index (χ4n) is 2.78. The molecule has 2 aromatic rings. The van der Waals surface area contributed by atoms with Crippen LogP contribution in [0.1, 0.15) is 32.3 Å². The SMILES string of the molecule is CCCC[N+]1=C(C)c2cccc3cccc1c23.F[B-](F)(F)F. The third kappa shape index (κ3) is 3.67. The zero-order chi connectivity index (χ0) is 16.3. The van der Waals surface area contributed by atoms with Gasteiger partial charge in [-0.2, -0.15) is 4.58 Å². The largest absolute Gasteiger partial charge is 0.673 e. The van der Waals surface area contributed by atoms with Crippen LogP contribution in [0.25, 0.3) is 10.8 Å². The lowest BCUT2D eigenvalue weighted by Gasteiger charge is -2.00. The monoisotopic (exact) mass is 311 g/mol. The molecule has 1 heterocycles. The third-order valence-electron chi connectivity index (χ3n) is 3.70. The van der Waals surface area contributed by atoms with Gasteiger partial charge in [-0.25, -0.2) is 0 Å². The zero-order valence-electron chi connectivity index (χ0n) is 12.6. The Hall–Kier alpha value is -1.85. The molecular weight excluding hydrogens is 293 g/mol. The fourth-order valence-corrected chi connectivity index (χ4v) is 2.78. The summed E-state index contributed by atoms with van der Waals surface area (Å²) in [5.41, 5.74) is 4.21. The van der Waals surface area contributed by atoms with Crippen molar-refractivity contribution in [2.75, 3.05) is 6.54 Å². The maximum atomic E-state index is 9.75. The summed E-state index contributed by atoms with van der Waals surface area (Å²) < 4.78 is 41.5. The first-order chi connectivity index (χ1) is 10.3. The van der Waals surface area contributed by atoms with E-state index in [0.29, 0.717) is 0 Å². The van der Waals surface area contributed by atoms with Gasteiger partial charge in [0, 0.05) is 19.4 Å². The van der Waals surface area contributed by atoms with Gasteiger partial charge in [0.05, 0.1) is 10.9 Å². The molecule has 1 aliphatic rings. The highest BCUT2D eigenvalue weighted by molar-refractivity contribution is 6.50. The number of halogens is 4. The van der Waals surface area contributed by atoms with Gasteiger partial charge in [-0.05, 0) is 11.5 Å². The summed E-state index contributed by atoms with van der Waals surface area (Å²) in [6, 6.07) is 13.2. The van der Waals surface area contributed by atoms with E-state index in [9.17, 15) is 17.3 Å². The molecule has 0 aliphatic carbocycles. The van der Waals surface area contributed by atoms with E-state index in [1.807, 2.05) is 0 Å². The van der Waals surface area contributed by atoms with Crippen LogP contribution < -0.4 is 0 Å². The summed E-state index contributed by atoms with van der Waals surface area (Å²) in [6.07, 6.45) is 2.50. The highest BCUT2D eigenvalue weighted by atomic mass is 19.5. The molecule has 0 fully saturated rings. The van der Waals surface area contributed by atoms with Crippen LogP contribution in [0.15, 0.2) is 36.4 Å². The smallest absolute Gasteiger partial charge is 0.418 e. The topological polar surface area (TPSA) is 3.01 Å². The molecule has 3 rings (SSSR count). The van der Waals surface area contributed by atoms with Crippen molar-refractivity contribution in [2.24, 2.45) is 0 Å². The average Bonchev–Trinajstić information content (AvgIpc) is 2.71. The van der Waals surface area contributed by atoms with Crippen LogP contribution >= 0.6 is 0 Å². The van der Waals surface area contributed by atoms with Gasteiger partial charge in [-0.3, -0.25) is 0 Å². The van der Waals surface area contributed by atoms with E-state index >= 15 is 0 Å². The minimum atomic E-state index is -6.00. The molecule has 118 valence electrons. The highest BCUT2D eigenvalue weighted by Crippen LogP contribution is 2.34. The molecule has 0 saturated carbocycles. The van der Waals surface area contributed by atoms with Gasteiger partial charge >= 0.3 is 7.25 Å². The minimum Gasteiger partial charge on any atom is -0.418 e. The van der Waals surface area contributed by atoms with Gasteiger partial charge in [-0.15, -0.1) is 0 Å².